The molecule has 3 nitrogen and oxygen atoms in total. The molecule has 0 aliphatic carbocycles. The minimum atomic E-state index is -0.966. The van der Waals surface area contributed by atoms with Crippen molar-refractivity contribution < 1.29 is 14.3 Å². The molecule has 1 heterocycles. The van der Waals surface area contributed by atoms with Crippen LogP contribution in [-0.2, 0) is 11.2 Å². The summed E-state index contributed by atoms with van der Waals surface area (Å²) in [5, 5.41) is 9.31. The molecule has 14 heavy (non-hydrogen) atoms. The smallest absolute Gasteiger partial charge is 0.307 e. The Hall–Kier alpha value is -1.84. The Morgan fingerprint density at radius 3 is 3.00 bits per heavy atom. The van der Waals surface area contributed by atoms with Crippen molar-refractivity contribution in [1.29, 1.82) is 0 Å². The van der Waals surface area contributed by atoms with Gasteiger partial charge >= 0.3 is 5.97 Å². The molecule has 0 unspecified atom stereocenters. The average molecular weight is 193 g/mol. The first-order chi connectivity index (χ1) is 6.66. The van der Waals surface area contributed by atoms with Gasteiger partial charge in [-0.05, 0) is 23.8 Å². The normalized spacial score (nSPS) is 10.6. The molecule has 1 aromatic carbocycles. The number of fused-ring (bicyclic) bond motifs is 1. The molecule has 0 amide bonds. The number of nitrogens with one attached hydrogen (secondary N) is 1. The first kappa shape index (κ1) is 8.74. The summed E-state index contributed by atoms with van der Waals surface area (Å²) in [5.74, 6) is -1.38. The lowest BCUT2D eigenvalue weighted by molar-refractivity contribution is -0.136. The van der Waals surface area contributed by atoms with Crippen molar-refractivity contribution in [1.82, 2.24) is 4.98 Å². The SMILES string of the molecule is O=C(O)Cc1cc(F)cc2cc[nH]c12. The molecule has 4 heteroatoms. The molecule has 0 bridgehead atoms. The second kappa shape index (κ2) is 3.14. The number of hydrogen-bond acceptors (Lipinski definition) is 1. The standard InChI is InChI=1S/C10H8FNO2/c11-8-3-6-1-2-12-10(6)7(4-8)5-9(13)14/h1-4,12H,5H2,(H,13,14). The number of carboxylic acids is 1. The number of carboxylic acid groups (broad SMARTS) is 1. The van der Waals surface area contributed by atoms with E-state index in [1.54, 1.807) is 12.3 Å². The molecule has 2 N–H and O–H groups in total. The lowest BCUT2D eigenvalue weighted by Crippen LogP contribution is -2.01. The van der Waals surface area contributed by atoms with Crippen molar-refractivity contribution in [2.45, 2.75) is 6.42 Å². The summed E-state index contributed by atoms with van der Waals surface area (Å²) in [4.78, 5) is 13.4. The van der Waals surface area contributed by atoms with Gasteiger partial charge in [0.05, 0.1) is 6.42 Å². The fourth-order valence-electron chi connectivity index (χ4n) is 1.51. The molecule has 72 valence electrons. The van der Waals surface area contributed by atoms with Gasteiger partial charge in [-0.15, -0.1) is 0 Å². The average Bonchev–Trinajstić information content (AvgIpc) is 2.50. The number of carbonyl (C=O) groups is 1. The van der Waals surface area contributed by atoms with Crippen molar-refractivity contribution in [3.8, 4) is 0 Å². The van der Waals surface area contributed by atoms with Crippen molar-refractivity contribution in [3.63, 3.8) is 0 Å². The molecule has 0 radical (unpaired) electrons. The van der Waals surface area contributed by atoms with Crippen LogP contribution >= 0.6 is 0 Å². The topological polar surface area (TPSA) is 53.1 Å². The molecule has 1 aromatic heterocycles. The maximum atomic E-state index is 13.0. The Labute approximate surface area is 79.2 Å². The summed E-state index contributed by atoms with van der Waals surface area (Å²) in [6.45, 7) is 0. The number of rotatable bonds is 2. The second-order valence-electron chi connectivity index (χ2n) is 3.08. The number of aromatic amines is 1. The van der Waals surface area contributed by atoms with E-state index >= 15 is 0 Å². The third kappa shape index (κ3) is 1.46. The van der Waals surface area contributed by atoms with Crippen LogP contribution in [0.25, 0.3) is 10.9 Å². The quantitative estimate of drug-likeness (QED) is 0.765. The summed E-state index contributed by atoms with van der Waals surface area (Å²) in [6.07, 6.45) is 1.49. The van der Waals surface area contributed by atoms with E-state index in [2.05, 4.69) is 4.98 Å². The molecule has 0 atom stereocenters. The Kier molecular flexibility index (Phi) is 1.96. The third-order valence-electron chi connectivity index (χ3n) is 2.05. The van der Waals surface area contributed by atoms with Crippen LogP contribution < -0.4 is 0 Å². The minimum Gasteiger partial charge on any atom is -0.481 e. The van der Waals surface area contributed by atoms with Crippen molar-refractivity contribution in [3.05, 3.63) is 35.8 Å². The number of H-pyrrole nitrogens is 1. The van der Waals surface area contributed by atoms with Crippen LogP contribution in [0.4, 0.5) is 4.39 Å². The highest BCUT2D eigenvalue weighted by atomic mass is 19.1. The lowest BCUT2D eigenvalue weighted by atomic mass is 10.1. The Balaban J connectivity index is 2.60. The van der Waals surface area contributed by atoms with Gasteiger partial charge in [0, 0.05) is 17.1 Å². The number of hydrogen-bond donors (Lipinski definition) is 2. The van der Waals surface area contributed by atoms with Gasteiger partial charge in [0.25, 0.3) is 0 Å². The summed E-state index contributed by atoms with van der Waals surface area (Å²) in [6, 6.07) is 4.33. The van der Waals surface area contributed by atoms with Crippen LogP contribution in [-0.4, -0.2) is 16.1 Å². The highest BCUT2D eigenvalue weighted by molar-refractivity contribution is 5.86. The zero-order valence-corrected chi connectivity index (χ0v) is 7.25. The number of halogens is 1. The van der Waals surface area contributed by atoms with Crippen LogP contribution in [0.3, 0.4) is 0 Å². The molecule has 2 aromatic rings. The van der Waals surface area contributed by atoms with Crippen molar-refractivity contribution in [2.75, 3.05) is 0 Å². The molecule has 0 fully saturated rings. The van der Waals surface area contributed by atoms with E-state index < -0.39 is 11.8 Å². The fourth-order valence-corrected chi connectivity index (χ4v) is 1.51. The fraction of sp³-hybridized carbons (Fsp3) is 0.100. The highest BCUT2D eigenvalue weighted by Crippen LogP contribution is 2.19. The monoisotopic (exact) mass is 193 g/mol. The summed E-state index contributed by atoms with van der Waals surface area (Å²) >= 11 is 0. The van der Waals surface area contributed by atoms with Crippen molar-refractivity contribution >= 4 is 16.9 Å². The Bertz CT molecular complexity index is 490. The first-order valence-electron chi connectivity index (χ1n) is 4.14. The van der Waals surface area contributed by atoms with Gasteiger partial charge in [0.2, 0.25) is 0 Å². The highest BCUT2D eigenvalue weighted by Gasteiger charge is 2.08. The molecule has 0 saturated carbocycles. The largest absolute Gasteiger partial charge is 0.481 e. The number of benzene rings is 1. The molecular formula is C10H8FNO2. The van der Waals surface area contributed by atoms with E-state index in [4.69, 9.17) is 5.11 Å². The van der Waals surface area contributed by atoms with Crippen LogP contribution in [0.5, 0.6) is 0 Å². The predicted molar refractivity (Wildman–Crippen MR) is 49.6 cm³/mol. The third-order valence-corrected chi connectivity index (χ3v) is 2.05. The van der Waals surface area contributed by atoms with Gasteiger partial charge in [-0.1, -0.05) is 0 Å². The maximum absolute atomic E-state index is 13.0. The van der Waals surface area contributed by atoms with Crippen LogP contribution in [0.2, 0.25) is 0 Å². The summed E-state index contributed by atoms with van der Waals surface area (Å²) in [5.41, 5.74) is 1.16. The number of aliphatic carboxylic acids is 1. The van der Waals surface area contributed by atoms with Crippen LogP contribution in [0.1, 0.15) is 5.56 Å². The Morgan fingerprint density at radius 2 is 2.29 bits per heavy atom. The molecule has 0 saturated heterocycles. The van der Waals surface area contributed by atoms with Gasteiger partial charge in [-0.2, -0.15) is 0 Å². The molecule has 0 aliphatic rings. The molecule has 0 spiro atoms. The van der Waals surface area contributed by atoms with E-state index in [-0.39, 0.29) is 6.42 Å². The Morgan fingerprint density at radius 1 is 1.50 bits per heavy atom. The molecular weight excluding hydrogens is 185 g/mol. The van der Waals surface area contributed by atoms with Gasteiger partial charge in [0.1, 0.15) is 5.82 Å². The number of aromatic nitrogens is 1. The van der Waals surface area contributed by atoms with Gasteiger partial charge in [0.15, 0.2) is 0 Å². The van der Waals surface area contributed by atoms with Crippen molar-refractivity contribution in [2.24, 2.45) is 0 Å². The van der Waals surface area contributed by atoms with Gasteiger partial charge in [-0.3, -0.25) is 4.79 Å². The van der Waals surface area contributed by atoms with Crippen LogP contribution in [0, 0.1) is 5.82 Å². The second-order valence-corrected chi connectivity index (χ2v) is 3.08. The van der Waals surface area contributed by atoms with E-state index in [9.17, 15) is 9.18 Å². The minimum absolute atomic E-state index is 0.172. The summed E-state index contributed by atoms with van der Waals surface area (Å²) < 4.78 is 13.0. The zero-order chi connectivity index (χ0) is 10.1. The van der Waals surface area contributed by atoms with E-state index in [1.807, 2.05) is 0 Å². The summed E-state index contributed by atoms with van der Waals surface area (Å²) in [7, 11) is 0. The van der Waals surface area contributed by atoms with E-state index in [0.29, 0.717) is 16.5 Å². The van der Waals surface area contributed by atoms with E-state index in [1.165, 1.54) is 12.1 Å². The predicted octanol–water partition coefficient (Wildman–Crippen LogP) is 1.93. The zero-order valence-electron chi connectivity index (χ0n) is 7.25. The maximum Gasteiger partial charge on any atom is 0.307 e. The van der Waals surface area contributed by atoms with Crippen LogP contribution in [0.15, 0.2) is 24.4 Å². The van der Waals surface area contributed by atoms with E-state index in [0.717, 1.165) is 0 Å². The molecule has 2 rings (SSSR count). The first-order valence-corrected chi connectivity index (χ1v) is 4.14. The lowest BCUT2D eigenvalue weighted by Gasteiger charge is -2.00. The van der Waals surface area contributed by atoms with Gasteiger partial charge in [-0.25, -0.2) is 4.39 Å². The molecule has 0 aliphatic heterocycles. The van der Waals surface area contributed by atoms with Gasteiger partial charge < -0.3 is 10.1 Å².